The summed E-state index contributed by atoms with van der Waals surface area (Å²) in [6, 6.07) is 0.406. The Labute approximate surface area is 169 Å². The molecule has 2 amide bonds. The third-order valence-corrected chi connectivity index (χ3v) is 6.46. The van der Waals surface area contributed by atoms with Crippen LogP contribution in [0.3, 0.4) is 0 Å². The minimum absolute atomic E-state index is 0.000981. The van der Waals surface area contributed by atoms with E-state index in [0.717, 1.165) is 51.4 Å². The fraction of sp³-hybridized carbons (Fsp3) is 0.909. The second-order valence-electron chi connectivity index (χ2n) is 8.83. The second kappa shape index (κ2) is 11.8. The molecule has 0 radical (unpaired) electrons. The van der Waals surface area contributed by atoms with E-state index >= 15 is 0 Å². The van der Waals surface area contributed by atoms with Gasteiger partial charge in [-0.1, -0.05) is 38.5 Å². The van der Waals surface area contributed by atoms with Crippen LogP contribution in [0.4, 0.5) is 0 Å². The monoisotopic (exact) mass is 394 g/mol. The fourth-order valence-corrected chi connectivity index (χ4v) is 4.77. The van der Waals surface area contributed by atoms with Crippen LogP contribution in [0, 0.1) is 0 Å². The van der Waals surface area contributed by atoms with Gasteiger partial charge in [-0.25, -0.2) is 0 Å². The summed E-state index contributed by atoms with van der Waals surface area (Å²) < 4.78 is 11.5. The maximum Gasteiger partial charge on any atom is 0.246 e. The summed E-state index contributed by atoms with van der Waals surface area (Å²) in [5, 5.41) is 6.20. The van der Waals surface area contributed by atoms with Crippen molar-refractivity contribution in [2.45, 2.75) is 114 Å². The number of carbonyl (C=O) groups is 2. The molecule has 28 heavy (non-hydrogen) atoms. The first kappa shape index (κ1) is 21.6. The number of amides is 2. The lowest BCUT2D eigenvalue weighted by atomic mass is 9.91. The maximum atomic E-state index is 12.1. The van der Waals surface area contributed by atoms with E-state index < -0.39 is 0 Å². The molecule has 6 nitrogen and oxygen atoms in total. The van der Waals surface area contributed by atoms with Crippen molar-refractivity contribution in [3.05, 3.63) is 0 Å². The summed E-state index contributed by atoms with van der Waals surface area (Å²) in [4.78, 5) is 24.3. The molecule has 6 heteroatoms. The van der Waals surface area contributed by atoms with Crippen molar-refractivity contribution in [1.82, 2.24) is 10.6 Å². The molecule has 3 aliphatic carbocycles. The van der Waals surface area contributed by atoms with Gasteiger partial charge in [0.05, 0.1) is 12.2 Å². The van der Waals surface area contributed by atoms with Crippen molar-refractivity contribution in [3.63, 3.8) is 0 Å². The van der Waals surface area contributed by atoms with Crippen LogP contribution in [-0.2, 0) is 19.1 Å². The number of carbonyl (C=O) groups excluding carboxylic acids is 2. The molecule has 0 aromatic rings. The molecular weight excluding hydrogens is 356 g/mol. The van der Waals surface area contributed by atoms with E-state index in [1.165, 1.54) is 38.5 Å². The Morgan fingerprint density at radius 1 is 0.571 bits per heavy atom. The minimum Gasteiger partial charge on any atom is -0.368 e. The van der Waals surface area contributed by atoms with Crippen molar-refractivity contribution < 1.29 is 19.1 Å². The van der Waals surface area contributed by atoms with Crippen LogP contribution in [0.5, 0.6) is 0 Å². The number of nitrogens with one attached hydrogen (secondary N) is 2. The zero-order valence-corrected chi connectivity index (χ0v) is 17.3. The van der Waals surface area contributed by atoms with E-state index in [1.807, 2.05) is 0 Å². The lowest BCUT2D eigenvalue weighted by Gasteiger charge is -2.30. The van der Waals surface area contributed by atoms with Gasteiger partial charge in [0.25, 0.3) is 0 Å². The van der Waals surface area contributed by atoms with Gasteiger partial charge in [-0.2, -0.15) is 0 Å². The summed E-state index contributed by atoms with van der Waals surface area (Å²) in [7, 11) is 0. The van der Waals surface area contributed by atoms with Gasteiger partial charge in [-0.3, -0.25) is 9.59 Å². The van der Waals surface area contributed by atoms with Gasteiger partial charge >= 0.3 is 0 Å². The molecule has 3 saturated carbocycles. The molecule has 2 N–H and O–H groups in total. The molecule has 3 rings (SSSR count). The molecule has 0 aromatic heterocycles. The van der Waals surface area contributed by atoms with E-state index in [9.17, 15) is 9.59 Å². The Balaban J connectivity index is 1.24. The summed E-state index contributed by atoms with van der Waals surface area (Å²) in [5.74, 6) is -0.00196. The minimum atomic E-state index is -0.000981. The second-order valence-corrected chi connectivity index (χ2v) is 8.83. The van der Waals surface area contributed by atoms with Crippen LogP contribution >= 0.6 is 0 Å². The smallest absolute Gasteiger partial charge is 0.246 e. The standard InChI is InChI=1S/C22H38N2O4/c25-21(15-27-19-7-3-1-4-8-19)23-17-11-13-18(14-12-17)24-22(26)16-28-20-9-5-2-6-10-20/h17-20H,1-16H2,(H,23,25)(H,24,26). The van der Waals surface area contributed by atoms with Crippen LogP contribution in [-0.4, -0.2) is 49.3 Å². The van der Waals surface area contributed by atoms with Crippen molar-refractivity contribution in [2.75, 3.05) is 13.2 Å². The van der Waals surface area contributed by atoms with Gasteiger partial charge in [0.2, 0.25) is 11.8 Å². The molecule has 160 valence electrons. The van der Waals surface area contributed by atoms with Crippen LogP contribution in [0.15, 0.2) is 0 Å². The van der Waals surface area contributed by atoms with Gasteiger partial charge in [0.1, 0.15) is 13.2 Å². The highest BCUT2D eigenvalue weighted by molar-refractivity contribution is 5.78. The molecule has 0 spiro atoms. The Kier molecular flexibility index (Phi) is 9.06. The zero-order chi connectivity index (χ0) is 19.6. The van der Waals surface area contributed by atoms with Gasteiger partial charge in [0.15, 0.2) is 0 Å². The molecule has 0 aliphatic heterocycles. The summed E-state index contributed by atoms with van der Waals surface area (Å²) in [5.41, 5.74) is 0. The number of hydrogen-bond acceptors (Lipinski definition) is 4. The Bertz CT molecular complexity index is 435. The Morgan fingerprint density at radius 2 is 0.929 bits per heavy atom. The molecule has 0 aromatic carbocycles. The average Bonchev–Trinajstić information content (AvgIpc) is 2.74. The van der Waals surface area contributed by atoms with E-state index in [1.54, 1.807) is 0 Å². The molecular formula is C22H38N2O4. The van der Waals surface area contributed by atoms with Crippen molar-refractivity contribution in [2.24, 2.45) is 0 Å². The van der Waals surface area contributed by atoms with E-state index in [-0.39, 0.29) is 49.3 Å². The molecule has 3 fully saturated rings. The number of rotatable bonds is 8. The van der Waals surface area contributed by atoms with E-state index in [0.29, 0.717) is 0 Å². The third-order valence-electron chi connectivity index (χ3n) is 6.46. The van der Waals surface area contributed by atoms with Crippen LogP contribution in [0.1, 0.15) is 89.9 Å². The average molecular weight is 395 g/mol. The highest BCUT2D eigenvalue weighted by Crippen LogP contribution is 2.22. The molecule has 0 bridgehead atoms. The molecule has 0 saturated heterocycles. The zero-order valence-electron chi connectivity index (χ0n) is 17.3. The van der Waals surface area contributed by atoms with Gasteiger partial charge < -0.3 is 20.1 Å². The van der Waals surface area contributed by atoms with Crippen LogP contribution < -0.4 is 10.6 Å². The normalized spacial score (nSPS) is 27.3. The highest BCUT2D eigenvalue weighted by atomic mass is 16.5. The van der Waals surface area contributed by atoms with Gasteiger partial charge in [-0.15, -0.1) is 0 Å². The largest absolute Gasteiger partial charge is 0.368 e. The number of hydrogen-bond donors (Lipinski definition) is 2. The van der Waals surface area contributed by atoms with E-state index in [2.05, 4.69) is 10.6 Å². The van der Waals surface area contributed by atoms with E-state index in [4.69, 9.17) is 9.47 Å². The number of ether oxygens (including phenoxy) is 2. The molecule has 0 unspecified atom stereocenters. The van der Waals surface area contributed by atoms with Crippen molar-refractivity contribution >= 4 is 11.8 Å². The van der Waals surface area contributed by atoms with Gasteiger partial charge in [0, 0.05) is 12.1 Å². The Hall–Kier alpha value is -1.14. The highest BCUT2D eigenvalue weighted by Gasteiger charge is 2.24. The topological polar surface area (TPSA) is 76.7 Å². The van der Waals surface area contributed by atoms with Crippen molar-refractivity contribution in [3.8, 4) is 0 Å². The fourth-order valence-electron chi connectivity index (χ4n) is 4.77. The Morgan fingerprint density at radius 3 is 1.29 bits per heavy atom. The predicted molar refractivity (Wildman–Crippen MR) is 108 cm³/mol. The quantitative estimate of drug-likeness (QED) is 0.663. The first-order valence-corrected chi connectivity index (χ1v) is 11.5. The predicted octanol–water partition coefficient (Wildman–Crippen LogP) is 3.23. The summed E-state index contributed by atoms with van der Waals surface area (Å²) >= 11 is 0. The molecule has 0 heterocycles. The third kappa shape index (κ3) is 7.70. The van der Waals surface area contributed by atoms with Crippen LogP contribution in [0.2, 0.25) is 0 Å². The lowest BCUT2D eigenvalue weighted by Crippen LogP contribution is -2.45. The lowest BCUT2D eigenvalue weighted by molar-refractivity contribution is -0.130. The van der Waals surface area contributed by atoms with Crippen LogP contribution in [0.25, 0.3) is 0 Å². The SMILES string of the molecule is O=C(COC1CCCCC1)NC1CCC(NC(=O)COC2CCCCC2)CC1. The molecule has 0 atom stereocenters. The van der Waals surface area contributed by atoms with Crippen molar-refractivity contribution in [1.29, 1.82) is 0 Å². The first-order valence-electron chi connectivity index (χ1n) is 11.5. The first-order chi connectivity index (χ1) is 13.7. The maximum absolute atomic E-state index is 12.1. The van der Waals surface area contributed by atoms with Gasteiger partial charge in [-0.05, 0) is 51.4 Å². The molecule has 3 aliphatic rings. The summed E-state index contributed by atoms with van der Waals surface area (Å²) in [6.07, 6.45) is 15.9. The summed E-state index contributed by atoms with van der Waals surface area (Å²) in [6.45, 7) is 0.361.